The molecule has 0 unspecified atom stereocenters. The summed E-state index contributed by atoms with van der Waals surface area (Å²) in [7, 11) is 0. The van der Waals surface area contributed by atoms with Crippen LogP contribution < -0.4 is 26.4 Å². The second-order valence-electron chi connectivity index (χ2n) is 9.63. The highest BCUT2D eigenvalue weighted by Gasteiger charge is 2.17. The molecule has 0 atom stereocenters. The smallest absolute Gasteiger partial charge is 0.213 e. The largest absolute Gasteiger partial charge is 1.00 e. The molecule has 1 aliphatic heterocycles. The zero-order chi connectivity index (χ0) is 24.2. The number of hydrogen-bond acceptors (Lipinski definition) is 1. The summed E-state index contributed by atoms with van der Waals surface area (Å²) in [5.74, 6) is 0. The topological polar surface area (TPSA) is 7.12 Å². The molecular formula is C34H31BrN2. The number of aryl methyl sites for hydroxylation is 1. The molecule has 2 heterocycles. The number of para-hydroxylation sites is 1. The molecule has 5 aromatic rings. The zero-order valence-corrected chi connectivity index (χ0v) is 22.5. The maximum atomic E-state index is 2.53. The number of fused-ring (bicyclic) bond motifs is 2. The Morgan fingerprint density at radius 3 is 2.27 bits per heavy atom. The standard InChI is InChI=1S/C34H31N2.BrH/c1-3-10-28(11-4-1)25-35-22-9-14-31-24-27(18-20-33(31)35)17-19-30-21-23-36(26-29-12-5-2-6-13-29)34-16-8-7-15-32(30)34;/h1-8,10-13,15-21,23-24H,9,14,22,25-26H2;1H/q+1;/p-1. The summed E-state index contributed by atoms with van der Waals surface area (Å²) >= 11 is 0. The lowest BCUT2D eigenvalue weighted by molar-refractivity contribution is -0.662. The minimum absolute atomic E-state index is 0. The Bertz CT molecular complexity index is 1510. The minimum Gasteiger partial charge on any atom is -1.00 e. The molecule has 2 nitrogen and oxygen atoms in total. The first-order valence-electron chi connectivity index (χ1n) is 12.9. The fourth-order valence-corrected chi connectivity index (χ4v) is 5.32. The van der Waals surface area contributed by atoms with Crippen LogP contribution in [0.1, 0.15) is 34.2 Å². The Labute approximate surface area is 230 Å². The van der Waals surface area contributed by atoms with E-state index in [1.807, 2.05) is 0 Å². The SMILES string of the molecule is C(=Cc1cc[n+](Cc2ccccc2)c2ccccc12)c1ccc2c(c1)CCCN2Cc1ccccc1.[Br-]. The molecule has 0 spiro atoms. The van der Waals surface area contributed by atoms with Gasteiger partial charge in [0.1, 0.15) is 0 Å². The Morgan fingerprint density at radius 1 is 0.730 bits per heavy atom. The molecule has 0 amide bonds. The average molecular weight is 548 g/mol. The first-order chi connectivity index (χ1) is 17.8. The van der Waals surface area contributed by atoms with Crippen molar-refractivity contribution in [1.29, 1.82) is 0 Å². The van der Waals surface area contributed by atoms with Crippen molar-refractivity contribution < 1.29 is 21.5 Å². The van der Waals surface area contributed by atoms with Gasteiger partial charge in [-0.05, 0) is 53.3 Å². The van der Waals surface area contributed by atoms with E-state index in [9.17, 15) is 0 Å². The van der Waals surface area contributed by atoms with Gasteiger partial charge in [-0.1, -0.05) is 91.0 Å². The van der Waals surface area contributed by atoms with Crippen molar-refractivity contribution in [1.82, 2.24) is 0 Å². The van der Waals surface area contributed by atoms with Gasteiger partial charge in [-0.3, -0.25) is 0 Å². The Morgan fingerprint density at radius 2 is 1.46 bits per heavy atom. The quantitative estimate of drug-likeness (QED) is 0.288. The zero-order valence-electron chi connectivity index (χ0n) is 20.9. The Hall–Kier alpha value is -3.69. The van der Waals surface area contributed by atoms with Gasteiger partial charge in [0.15, 0.2) is 12.7 Å². The number of nitrogens with zero attached hydrogens (tertiary/aromatic N) is 2. The van der Waals surface area contributed by atoms with Crippen LogP contribution >= 0.6 is 0 Å². The molecule has 37 heavy (non-hydrogen) atoms. The maximum absolute atomic E-state index is 2.53. The van der Waals surface area contributed by atoms with E-state index in [0.29, 0.717) is 0 Å². The number of pyridine rings is 1. The van der Waals surface area contributed by atoms with Crippen LogP contribution in [0.4, 0.5) is 5.69 Å². The van der Waals surface area contributed by atoms with Crippen LogP contribution in [-0.2, 0) is 19.5 Å². The molecule has 0 N–H and O–H groups in total. The molecule has 1 aromatic heterocycles. The van der Waals surface area contributed by atoms with E-state index < -0.39 is 0 Å². The van der Waals surface area contributed by atoms with Crippen LogP contribution in [-0.4, -0.2) is 6.54 Å². The number of anilines is 1. The van der Waals surface area contributed by atoms with Crippen LogP contribution in [0.25, 0.3) is 23.1 Å². The fraction of sp³-hybridized carbons (Fsp3) is 0.147. The molecule has 0 aliphatic carbocycles. The molecule has 0 radical (unpaired) electrons. The molecule has 0 bridgehead atoms. The Kier molecular flexibility index (Phi) is 7.82. The van der Waals surface area contributed by atoms with Gasteiger partial charge in [0.05, 0.1) is 5.39 Å². The lowest BCUT2D eigenvalue weighted by Gasteiger charge is -2.31. The van der Waals surface area contributed by atoms with E-state index >= 15 is 0 Å². The summed E-state index contributed by atoms with van der Waals surface area (Å²) in [5.41, 5.74) is 9.29. The second-order valence-corrected chi connectivity index (χ2v) is 9.63. The molecule has 6 rings (SSSR count). The predicted octanol–water partition coefficient (Wildman–Crippen LogP) is 4.30. The maximum Gasteiger partial charge on any atom is 0.213 e. The summed E-state index contributed by atoms with van der Waals surface area (Å²) in [6.45, 7) is 2.97. The van der Waals surface area contributed by atoms with Gasteiger partial charge >= 0.3 is 0 Å². The fourth-order valence-electron chi connectivity index (χ4n) is 5.32. The third-order valence-corrected chi connectivity index (χ3v) is 7.14. The molecule has 184 valence electrons. The van der Waals surface area contributed by atoms with Crippen molar-refractivity contribution in [3.05, 3.63) is 143 Å². The van der Waals surface area contributed by atoms with Crippen molar-refractivity contribution in [3.63, 3.8) is 0 Å². The van der Waals surface area contributed by atoms with Crippen molar-refractivity contribution in [2.75, 3.05) is 11.4 Å². The van der Waals surface area contributed by atoms with Crippen molar-refractivity contribution in [2.24, 2.45) is 0 Å². The van der Waals surface area contributed by atoms with E-state index in [1.54, 1.807) is 0 Å². The van der Waals surface area contributed by atoms with Crippen LogP contribution in [0, 0.1) is 0 Å². The molecule has 3 heteroatoms. The summed E-state index contributed by atoms with van der Waals surface area (Å²) in [6, 6.07) is 39.3. The number of benzene rings is 4. The Balaban J connectivity index is 0.00000280. The second kappa shape index (κ2) is 11.6. The van der Waals surface area contributed by atoms with Crippen LogP contribution in [0.5, 0.6) is 0 Å². The van der Waals surface area contributed by atoms with Gasteiger partial charge < -0.3 is 21.9 Å². The predicted molar refractivity (Wildman–Crippen MR) is 151 cm³/mol. The normalized spacial score (nSPS) is 12.9. The molecule has 4 aromatic carbocycles. The molecular weight excluding hydrogens is 516 g/mol. The van der Waals surface area contributed by atoms with Gasteiger partial charge in [-0.15, -0.1) is 0 Å². The number of halogens is 1. The highest BCUT2D eigenvalue weighted by atomic mass is 79.9. The van der Waals surface area contributed by atoms with Crippen LogP contribution in [0.15, 0.2) is 115 Å². The monoisotopic (exact) mass is 546 g/mol. The molecule has 1 aliphatic rings. The van der Waals surface area contributed by atoms with Crippen LogP contribution in [0.3, 0.4) is 0 Å². The van der Waals surface area contributed by atoms with Gasteiger partial charge in [-0.25, -0.2) is 0 Å². The highest BCUT2D eigenvalue weighted by molar-refractivity contribution is 5.88. The third-order valence-electron chi connectivity index (χ3n) is 7.14. The van der Waals surface area contributed by atoms with Crippen LogP contribution in [0.2, 0.25) is 0 Å². The lowest BCUT2D eigenvalue weighted by Crippen LogP contribution is -3.00. The van der Waals surface area contributed by atoms with E-state index in [4.69, 9.17) is 0 Å². The first kappa shape index (κ1) is 25.0. The summed E-state index contributed by atoms with van der Waals surface area (Å²) < 4.78 is 2.34. The van der Waals surface area contributed by atoms with Crippen molar-refractivity contribution in [2.45, 2.75) is 25.9 Å². The van der Waals surface area contributed by atoms with Gasteiger partial charge in [-0.2, -0.15) is 4.57 Å². The summed E-state index contributed by atoms with van der Waals surface area (Å²) in [5, 5.41) is 1.28. The third kappa shape index (κ3) is 5.68. The summed E-state index contributed by atoms with van der Waals surface area (Å²) in [6.07, 6.45) is 9.10. The van der Waals surface area contributed by atoms with E-state index in [-0.39, 0.29) is 17.0 Å². The highest BCUT2D eigenvalue weighted by Crippen LogP contribution is 2.30. The van der Waals surface area contributed by atoms with Crippen molar-refractivity contribution in [3.8, 4) is 0 Å². The van der Waals surface area contributed by atoms with Gasteiger partial charge in [0, 0.05) is 36.5 Å². The molecule has 0 fully saturated rings. The van der Waals surface area contributed by atoms with Crippen molar-refractivity contribution >= 4 is 28.7 Å². The van der Waals surface area contributed by atoms with E-state index in [0.717, 1.165) is 26.1 Å². The van der Waals surface area contributed by atoms with E-state index in [2.05, 4.69) is 137 Å². The van der Waals surface area contributed by atoms with Gasteiger partial charge in [0.25, 0.3) is 0 Å². The number of hydrogen-bond donors (Lipinski definition) is 0. The summed E-state index contributed by atoms with van der Waals surface area (Å²) in [4.78, 5) is 2.53. The number of rotatable bonds is 6. The molecule has 0 saturated heterocycles. The lowest BCUT2D eigenvalue weighted by atomic mass is 9.98. The molecule has 0 saturated carbocycles. The van der Waals surface area contributed by atoms with Gasteiger partial charge in [0.2, 0.25) is 5.52 Å². The average Bonchev–Trinajstić information content (AvgIpc) is 2.94. The number of aromatic nitrogens is 1. The van der Waals surface area contributed by atoms with E-state index in [1.165, 1.54) is 50.8 Å². The minimum atomic E-state index is 0. The first-order valence-corrected chi connectivity index (χ1v) is 12.9.